The average Bonchev–Trinajstić information content (AvgIpc) is 3.23. The number of hydrogen-bond acceptors (Lipinski definition) is 5. The van der Waals surface area contributed by atoms with Crippen LogP contribution in [-0.4, -0.2) is 33.6 Å². The Balaban J connectivity index is 1.73. The number of fused-ring (bicyclic) bond motifs is 1. The van der Waals surface area contributed by atoms with E-state index in [-0.39, 0.29) is 12.2 Å². The van der Waals surface area contributed by atoms with Gasteiger partial charge in [-0.3, -0.25) is 0 Å². The average molecular weight is 378 g/mol. The molecule has 3 heterocycles. The number of methoxy groups -OCH3 is 1. The van der Waals surface area contributed by atoms with E-state index < -0.39 is 5.97 Å². The molecule has 0 aliphatic carbocycles. The second kappa shape index (κ2) is 8.55. The number of ether oxygens (including phenoxy) is 2. The topological polar surface area (TPSA) is 81.5 Å². The highest BCUT2D eigenvalue weighted by Crippen LogP contribution is 2.19. The lowest BCUT2D eigenvalue weighted by Gasteiger charge is -2.08. The molecule has 3 aromatic heterocycles. The number of esters is 1. The standard InChI is InChI=1S/C21H22N4O3/c1-15-10-17(16(2)25(15)8-9-27-3)11-18(12-22)21(26)28-14-19-13-24-7-5-4-6-20(24)23-19/h4-7,10-11,13H,8-9,14H2,1-3H3/b18-11+. The lowest BCUT2D eigenvalue weighted by molar-refractivity contribution is -0.139. The number of carbonyl (C=O) groups excluding carboxylic acids is 1. The molecule has 3 rings (SSSR count). The highest BCUT2D eigenvalue weighted by atomic mass is 16.5. The molecule has 3 aromatic rings. The summed E-state index contributed by atoms with van der Waals surface area (Å²) < 4.78 is 14.4. The molecule has 0 aliphatic rings. The molecule has 0 fully saturated rings. The van der Waals surface area contributed by atoms with Crippen molar-refractivity contribution in [1.82, 2.24) is 14.0 Å². The first-order valence-corrected chi connectivity index (χ1v) is 8.90. The maximum atomic E-state index is 12.4. The first-order valence-electron chi connectivity index (χ1n) is 8.90. The van der Waals surface area contributed by atoms with Gasteiger partial charge in [-0.1, -0.05) is 6.07 Å². The number of nitriles is 1. The largest absolute Gasteiger partial charge is 0.455 e. The van der Waals surface area contributed by atoms with Gasteiger partial charge >= 0.3 is 5.97 Å². The zero-order valence-corrected chi connectivity index (χ0v) is 16.2. The second-order valence-corrected chi connectivity index (χ2v) is 6.42. The van der Waals surface area contributed by atoms with E-state index in [0.717, 1.165) is 22.6 Å². The first kappa shape index (κ1) is 19.4. The summed E-state index contributed by atoms with van der Waals surface area (Å²) in [5.41, 5.74) is 4.17. The lowest BCUT2D eigenvalue weighted by atomic mass is 10.1. The molecule has 0 atom stereocenters. The van der Waals surface area contributed by atoms with Crippen molar-refractivity contribution in [2.24, 2.45) is 0 Å². The minimum Gasteiger partial charge on any atom is -0.455 e. The van der Waals surface area contributed by atoms with Gasteiger partial charge < -0.3 is 18.4 Å². The molecule has 7 nitrogen and oxygen atoms in total. The predicted molar refractivity (Wildman–Crippen MR) is 104 cm³/mol. The molecule has 0 N–H and O–H groups in total. The zero-order chi connectivity index (χ0) is 20.1. The molecular formula is C21H22N4O3. The molecule has 7 heteroatoms. The van der Waals surface area contributed by atoms with Gasteiger partial charge in [0.25, 0.3) is 0 Å². The number of aryl methyl sites for hydroxylation is 1. The fourth-order valence-electron chi connectivity index (χ4n) is 3.07. The summed E-state index contributed by atoms with van der Waals surface area (Å²) >= 11 is 0. The van der Waals surface area contributed by atoms with Gasteiger partial charge in [0.15, 0.2) is 0 Å². The SMILES string of the molecule is COCCn1c(C)cc(/C=C(\C#N)C(=O)OCc2cn3ccccc3n2)c1C. The van der Waals surface area contributed by atoms with Crippen LogP contribution in [-0.2, 0) is 27.4 Å². The minimum atomic E-state index is -0.666. The van der Waals surface area contributed by atoms with Crippen molar-refractivity contribution in [1.29, 1.82) is 5.26 Å². The van der Waals surface area contributed by atoms with Crippen LogP contribution in [0.5, 0.6) is 0 Å². The van der Waals surface area contributed by atoms with E-state index in [2.05, 4.69) is 9.55 Å². The van der Waals surface area contributed by atoms with Gasteiger partial charge in [0.2, 0.25) is 0 Å². The number of imidazole rings is 1. The van der Waals surface area contributed by atoms with E-state index in [9.17, 15) is 10.1 Å². The maximum Gasteiger partial charge on any atom is 0.349 e. The Morgan fingerprint density at radius 3 is 2.89 bits per heavy atom. The van der Waals surface area contributed by atoms with Crippen molar-refractivity contribution in [3.63, 3.8) is 0 Å². The van der Waals surface area contributed by atoms with Gasteiger partial charge in [0.1, 0.15) is 23.9 Å². The van der Waals surface area contributed by atoms with Crippen LogP contribution in [0.2, 0.25) is 0 Å². The van der Waals surface area contributed by atoms with Gasteiger partial charge in [-0.05, 0) is 43.7 Å². The maximum absolute atomic E-state index is 12.4. The molecule has 0 aromatic carbocycles. The smallest absolute Gasteiger partial charge is 0.349 e. The van der Waals surface area contributed by atoms with E-state index >= 15 is 0 Å². The number of nitrogens with zero attached hydrogens (tertiary/aromatic N) is 4. The second-order valence-electron chi connectivity index (χ2n) is 6.42. The van der Waals surface area contributed by atoms with Gasteiger partial charge in [-0.25, -0.2) is 9.78 Å². The third-order valence-electron chi connectivity index (χ3n) is 4.54. The van der Waals surface area contributed by atoms with Crippen LogP contribution in [0.1, 0.15) is 22.6 Å². The molecule has 0 saturated heterocycles. The highest BCUT2D eigenvalue weighted by molar-refractivity contribution is 5.98. The number of rotatable bonds is 7. The van der Waals surface area contributed by atoms with Crippen LogP contribution in [0.3, 0.4) is 0 Å². The fraction of sp³-hybridized carbons (Fsp3) is 0.286. The van der Waals surface area contributed by atoms with Crippen molar-refractivity contribution in [3.8, 4) is 6.07 Å². The molecular weight excluding hydrogens is 356 g/mol. The van der Waals surface area contributed by atoms with Gasteiger partial charge in [0, 0.05) is 37.4 Å². The predicted octanol–water partition coefficient (Wildman–Crippen LogP) is 3.05. The Morgan fingerprint density at radius 2 is 2.18 bits per heavy atom. The summed E-state index contributed by atoms with van der Waals surface area (Å²) in [6.07, 6.45) is 5.23. The Kier molecular flexibility index (Phi) is 5.92. The number of hydrogen-bond donors (Lipinski definition) is 0. The van der Waals surface area contributed by atoms with Crippen molar-refractivity contribution >= 4 is 17.7 Å². The minimum absolute atomic E-state index is 0.00634. The molecule has 0 radical (unpaired) electrons. The Labute approximate surface area is 163 Å². The lowest BCUT2D eigenvalue weighted by Crippen LogP contribution is -2.08. The Hall–Kier alpha value is -3.37. The van der Waals surface area contributed by atoms with Crippen LogP contribution < -0.4 is 0 Å². The summed E-state index contributed by atoms with van der Waals surface area (Å²) in [6, 6.07) is 9.53. The van der Waals surface area contributed by atoms with E-state index in [4.69, 9.17) is 9.47 Å². The first-order chi connectivity index (χ1) is 13.5. The third-order valence-corrected chi connectivity index (χ3v) is 4.54. The molecule has 144 valence electrons. The van der Waals surface area contributed by atoms with E-state index in [0.29, 0.717) is 18.8 Å². The molecule has 28 heavy (non-hydrogen) atoms. The molecule has 0 aliphatic heterocycles. The fourth-order valence-corrected chi connectivity index (χ4v) is 3.07. The van der Waals surface area contributed by atoms with E-state index in [1.165, 1.54) is 0 Å². The van der Waals surface area contributed by atoms with Crippen LogP contribution in [0.15, 0.2) is 42.2 Å². The quantitative estimate of drug-likeness (QED) is 0.359. The third kappa shape index (κ3) is 4.13. The Bertz CT molecular complexity index is 1040. The highest BCUT2D eigenvalue weighted by Gasteiger charge is 2.15. The summed E-state index contributed by atoms with van der Waals surface area (Å²) in [4.78, 5) is 16.7. The number of aromatic nitrogens is 3. The molecule has 0 unspecified atom stereocenters. The molecule has 0 saturated carbocycles. The van der Waals surface area contributed by atoms with Gasteiger partial charge in [0.05, 0.1) is 12.3 Å². The summed E-state index contributed by atoms with van der Waals surface area (Å²) in [6.45, 7) is 5.24. The Morgan fingerprint density at radius 1 is 1.36 bits per heavy atom. The molecule has 0 spiro atoms. The van der Waals surface area contributed by atoms with Crippen LogP contribution in [0.25, 0.3) is 11.7 Å². The van der Waals surface area contributed by atoms with Crippen LogP contribution >= 0.6 is 0 Å². The summed E-state index contributed by atoms with van der Waals surface area (Å²) in [5.74, 6) is -0.666. The summed E-state index contributed by atoms with van der Waals surface area (Å²) in [5, 5.41) is 9.41. The van der Waals surface area contributed by atoms with Crippen molar-refractivity contribution in [3.05, 3.63) is 64.9 Å². The van der Waals surface area contributed by atoms with Crippen molar-refractivity contribution in [2.45, 2.75) is 27.0 Å². The molecule has 0 amide bonds. The van der Waals surface area contributed by atoms with Gasteiger partial charge in [-0.2, -0.15) is 5.26 Å². The van der Waals surface area contributed by atoms with Gasteiger partial charge in [-0.15, -0.1) is 0 Å². The zero-order valence-electron chi connectivity index (χ0n) is 16.2. The van der Waals surface area contributed by atoms with E-state index in [1.54, 1.807) is 19.4 Å². The van der Waals surface area contributed by atoms with Crippen LogP contribution in [0, 0.1) is 25.2 Å². The van der Waals surface area contributed by atoms with Crippen molar-refractivity contribution < 1.29 is 14.3 Å². The van der Waals surface area contributed by atoms with Crippen molar-refractivity contribution in [2.75, 3.05) is 13.7 Å². The molecule has 0 bridgehead atoms. The number of pyridine rings is 1. The monoisotopic (exact) mass is 378 g/mol. The van der Waals surface area contributed by atoms with Crippen LogP contribution in [0.4, 0.5) is 0 Å². The normalized spacial score (nSPS) is 11.6. The number of carbonyl (C=O) groups is 1. The summed E-state index contributed by atoms with van der Waals surface area (Å²) in [7, 11) is 1.65. The van der Waals surface area contributed by atoms with E-state index in [1.807, 2.05) is 54.8 Å².